The van der Waals surface area contributed by atoms with Gasteiger partial charge in [-0.2, -0.15) is 5.90 Å². The molecule has 0 spiro atoms. The fourth-order valence-corrected chi connectivity index (χ4v) is 4.89. The number of rotatable bonds is 9. The van der Waals surface area contributed by atoms with E-state index in [1.807, 2.05) is 6.07 Å². The normalized spacial score (nSPS) is 13.1. The Balaban J connectivity index is 1.69. The minimum absolute atomic E-state index is 0.0329. The molecule has 34 heavy (non-hydrogen) atoms. The van der Waals surface area contributed by atoms with Crippen LogP contribution in [0.1, 0.15) is 22.8 Å². The highest BCUT2D eigenvalue weighted by molar-refractivity contribution is 7.94. The Hall–Kier alpha value is -3.30. The van der Waals surface area contributed by atoms with Crippen molar-refractivity contribution in [1.29, 1.82) is 0 Å². The second kappa shape index (κ2) is 10.3. The van der Waals surface area contributed by atoms with Crippen LogP contribution in [0.3, 0.4) is 0 Å². The Bertz CT molecular complexity index is 1280. The lowest BCUT2D eigenvalue weighted by molar-refractivity contribution is -0.195. The molecule has 2 heterocycles. The van der Waals surface area contributed by atoms with E-state index in [4.69, 9.17) is 16.4 Å². The minimum Gasteiger partial charge on any atom is -0.507 e. The molecule has 0 bridgehead atoms. The van der Waals surface area contributed by atoms with E-state index in [0.29, 0.717) is 34.9 Å². The van der Waals surface area contributed by atoms with E-state index in [-0.39, 0.29) is 30.2 Å². The van der Waals surface area contributed by atoms with Crippen molar-refractivity contribution in [1.82, 2.24) is 4.98 Å². The first-order valence-corrected chi connectivity index (χ1v) is 11.6. The van der Waals surface area contributed by atoms with Gasteiger partial charge in [0.25, 0.3) is 5.91 Å². The summed E-state index contributed by atoms with van der Waals surface area (Å²) in [4.78, 5) is 35.0. The number of anilines is 1. The Morgan fingerprint density at radius 3 is 2.88 bits per heavy atom. The molecule has 1 aliphatic heterocycles. The zero-order chi connectivity index (χ0) is 24.2. The van der Waals surface area contributed by atoms with Gasteiger partial charge in [0.15, 0.2) is 0 Å². The Morgan fingerprint density at radius 2 is 2.15 bits per heavy atom. The van der Waals surface area contributed by atoms with E-state index in [2.05, 4.69) is 24.5 Å². The smallest absolute Gasteiger partial charge is 0.325 e. The quantitative estimate of drug-likeness (QED) is 0.129. The molecule has 4 rings (SSSR count). The fourth-order valence-electron chi connectivity index (χ4n) is 3.58. The maximum atomic E-state index is 12.1. The van der Waals surface area contributed by atoms with Gasteiger partial charge in [0.1, 0.15) is 18.0 Å². The summed E-state index contributed by atoms with van der Waals surface area (Å²) in [5.41, 5.74) is 7.33. The lowest BCUT2D eigenvalue weighted by atomic mass is 10.0. The molecule has 0 fully saturated rings. The molecule has 0 aliphatic carbocycles. The van der Waals surface area contributed by atoms with Gasteiger partial charge >= 0.3 is 5.97 Å². The summed E-state index contributed by atoms with van der Waals surface area (Å²) in [5.74, 6) is 3.43. The third-order valence-corrected chi connectivity index (χ3v) is 6.45. The topological polar surface area (TPSA) is 175 Å². The van der Waals surface area contributed by atoms with Gasteiger partial charge in [-0.05, 0) is 37.6 Å². The Kier molecular flexibility index (Phi) is 7.23. The molecule has 2 aromatic carbocycles. The lowest BCUT2D eigenvalue weighted by Gasteiger charge is -2.20. The molecule has 0 radical (unpaired) electrons. The number of benzene rings is 2. The van der Waals surface area contributed by atoms with E-state index in [0.717, 1.165) is 21.6 Å². The highest BCUT2D eigenvalue weighted by Crippen LogP contribution is 2.45. The van der Waals surface area contributed by atoms with Gasteiger partial charge in [0.05, 0.1) is 40.1 Å². The fraction of sp³-hybridized carbons (Fsp3) is 0.250. The number of azo groups is 1. The SMILES string of the molecule is CCOC(=O)CN1CCc2c(O)c(C(N)=O)cc(/N=N/c3nc4ccc(SOON)cc4s3)c21. The second-order valence-corrected chi connectivity index (χ2v) is 8.82. The first kappa shape index (κ1) is 23.8. The highest BCUT2D eigenvalue weighted by atomic mass is 32.2. The van der Waals surface area contributed by atoms with Crippen molar-refractivity contribution in [3.63, 3.8) is 0 Å². The number of hydrogen-bond donors (Lipinski definition) is 3. The largest absolute Gasteiger partial charge is 0.507 e. The van der Waals surface area contributed by atoms with Crippen LogP contribution in [0.5, 0.6) is 5.75 Å². The monoisotopic (exact) mass is 504 g/mol. The van der Waals surface area contributed by atoms with Crippen molar-refractivity contribution < 1.29 is 28.8 Å². The zero-order valence-corrected chi connectivity index (χ0v) is 19.5. The first-order valence-electron chi connectivity index (χ1n) is 10.0. The number of fused-ring (bicyclic) bond motifs is 2. The molecular formula is C20H20N6O6S2. The van der Waals surface area contributed by atoms with Crippen LogP contribution >= 0.6 is 23.4 Å². The predicted octanol–water partition coefficient (Wildman–Crippen LogP) is 3.27. The highest BCUT2D eigenvalue weighted by Gasteiger charge is 2.30. The van der Waals surface area contributed by atoms with Crippen molar-refractivity contribution in [2.75, 3.05) is 24.6 Å². The summed E-state index contributed by atoms with van der Waals surface area (Å²) in [6.45, 7) is 2.37. The van der Waals surface area contributed by atoms with Gasteiger partial charge in [-0.15, -0.1) is 19.6 Å². The molecular weight excluding hydrogens is 484 g/mol. The van der Waals surface area contributed by atoms with Crippen LogP contribution < -0.4 is 16.5 Å². The number of ether oxygens (including phenoxy) is 1. The van der Waals surface area contributed by atoms with Crippen LogP contribution in [0, 0.1) is 0 Å². The first-order chi connectivity index (χ1) is 16.4. The molecule has 178 valence electrons. The molecule has 1 aliphatic rings. The number of esters is 1. The molecule has 0 saturated carbocycles. The van der Waals surface area contributed by atoms with E-state index >= 15 is 0 Å². The number of aromatic nitrogens is 1. The van der Waals surface area contributed by atoms with Crippen LogP contribution in [-0.4, -0.2) is 41.7 Å². The molecule has 5 N–H and O–H groups in total. The maximum Gasteiger partial charge on any atom is 0.325 e. The number of nitrogens with two attached hydrogens (primary N) is 2. The second-order valence-electron chi connectivity index (χ2n) is 7.03. The lowest BCUT2D eigenvalue weighted by Crippen LogP contribution is -2.29. The Labute approximate surface area is 201 Å². The van der Waals surface area contributed by atoms with Gasteiger partial charge in [-0.3, -0.25) is 9.59 Å². The van der Waals surface area contributed by atoms with E-state index in [1.54, 1.807) is 24.0 Å². The van der Waals surface area contributed by atoms with Crippen LogP contribution in [-0.2, 0) is 25.3 Å². The number of carbonyl (C=O) groups excluding carboxylic acids is 2. The summed E-state index contributed by atoms with van der Waals surface area (Å²) in [6.07, 6.45) is 0.403. The van der Waals surface area contributed by atoms with E-state index < -0.39 is 11.9 Å². The summed E-state index contributed by atoms with van der Waals surface area (Å²) < 4.78 is 10.5. The predicted molar refractivity (Wildman–Crippen MR) is 125 cm³/mol. The van der Waals surface area contributed by atoms with Crippen molar-refractivity contribution in [3.05, 3.63) is 35.4 Å². The molecule has 1 amide bonds. The molecule has 14 heteroatoms. The van der Waals surface area contributed by atoms with Crippen molar-refractivity contribution in [2.24, 2.45) is 21.9 Å². The van der Waals surface area contributed by atoms with Crippen molar-refractivity contribution >= 4 is 62.0 Å². The Morgan fingerprint density at radius 1 is 1.32 bits per heavy atom. The summed E-state index contributed by atoms with van der Waals surface area (Å²) in [5, 5.41) is 19.5. The summed E-state index contributed by atoms with van der Waals surface area (Å²) >= 11 is 2.24. The van der Waals surface area contributed by atoms with Gasteiger partial charge in [-0.25, -0.2) is 4.98 Å². The molecule has 12 nitrogen and oxygen atoms in total. The minimum atomic E-state index is -0.797. The number of phenols is 1. The molecule has 3 aromatic rings. The number of amides is 1. The number of thiazole rings is 1. The van der Waals surface area contributed by atoms with Crippen molar-refractivity contribution in [3.8, 4) is 5.75 Å². The summed E-state index contributed by atoms with van der Waals surface area (Å²) in [7, 11) is 0. The van der Waals surface area contributed by atoms with Crippen molar-refractivity contribution in [2.45, 2.75) is 18.2 Å². The van der Waals surface area contributed by atoms with Gasteiger partial charge < -0.3 is 20.5 Å². The van der Waals surface area contributed by atoms with E-state index in [9.17, 15) is 14.7 Å². The standard InChI is InChI=1S/C20H20N6O6S2/c1-2-30-16(27)9-26-6-5-11-17(26)14(8-12(18(11)28)19(21)29)24-25-20-23-13-4-3-10(34-32-31-22)7-15(13)33-20/h3-4,7-8,28H,2,5-6,9,22H2,1H3,(H2,21,29)/b25-24+. The van der Waals surface area contributed by atoms with E-state index in [1.165, 1.54) is 17.4 Å². The average molecular weight is 505 g/mol. The molecule has 0 saturated heterocycles. The molecule has 1 aromatic heterocycles. The van der Waals surface area contributed by atoms with Gasteiger partial charge in [-0.1, -0.05) is 11.3 Å². The third kappa shape index (κ3) is 4.95. The van der Waals surface area contributed by atoms with Gasteiger partial charge in [0, 0.05) is 17.0 Å². The van der Waals surface area contributed by atoms with Crippen LogP contribution in [0.25, 0.3) is 10.2 Å². The van der Waals surface area contributed by atoms with Crippen LogP contribution in [0.2, 0.25) is 0 Å². The number of nitrogens with zero attached hydrogens (tertiary/aromatic N) is 4. The number of carbonyl (C=O) groups is 2. The summed E-state index contributed by atoms with van der Waals surface area (Å²) in [6, 6.07) is 6.76. The zero-order valence-electron chi connectivity index (χ0n) is 17.9. The average Bonchev–Trinajstić information content (AvgIpc) is 3.41. The number of hydrogen-bond acceptors (Lipinski definition) is 13. The maximum absolute atomic E-state index is 12.1. The third-order valence-electron chi connectivity index (χ3n) is 4.95. The van der Waals surface area contributed by atoms with Crippen LogP contribution in [0.4, 0.5) is 16.5 Å². The number of aromatic hydroxyl groups is 1. The van der Waals surface area contributed by atoms with Crippen LogP contribution in [0.15, 0.2) is 39.4 Å². The molecule has 0 atom stereocenters. The molecule has 0 unspecified atom stereocenters. The number of primary amides is 1. The van der Waals surface area contributed by atoms with Gasteiger partial charge in [0.2, 0.25) is 5.13 Å².